The summed E-state index contributed by atoms with van der Waals surface area (Å²) in [5.74, 6) is -1.66. The molecule has 0 saturated carbocycles. The maximum Gasteiger partial charge on any atom is 0.393 e. The molecule has 1 fully saturated rings. The van der Waals surface area contributed by atoms with Gasteiger partial charge in [-0.15, -0.1) is 0 Å². The van der Waals surface area contributed by atoms with Crippen molar-refractivity contribution in [2.45, 2.75) is 25.4 Å². The van der Waals surface area contributed by atoms with E-state index in [4.69, 9.17) is 5.26 Å². The molecule has 7 heteroatoms. The maximum atomic E-state index is 12.5. The summed E-state index contributed by atoms with van der Waals surface area (Å²) in [5.41, 5.74) is 0. The Morgan fingerprint density at radius 2 is 2.22 bits per heavy atom. The first-order valence-electron chi connectivity index (χ1n) is 5.86. The standard InChI is InChI=1S/C11H16F3N3O/c12-11(13,14)9-3-1-6-17(7-9)8-10(18)16-5-2-4-15/h9H,1-3,5-8H2,(H,16,18)/t9-/m1/s1. The van der Waals surface area contributed by atoms with Crippen LogP contribution in [-0.4, -0.2) is 43.2 Å². The maximum absolute atomic E-state index is 12.5. The number of rotatable bonds is 4. The predicted molar refractivity (Wildman–Crippen MR) is 58.5 cm³/mol. The highest BCUT2D eigenvalue weighted by molar-refractivity contribution is 5.78. The van der Waals surface area contributed by atoms with Crippen molar-refractivity contribution in [3.8, 4) is 6.07 Å². The number of hydrogen-bond acceptors (Lipinski definition) is 3. The summed E-state index contributed by atoms with van der Waals surface area (Å²) >= 11 is 0. The molecule has 1 heterocycles. The SMILES string of the molecule is N#CCCNC(=O)CN1CCC[C@@H](C(F)(F)F)C1. The van der Waals surface area contributed by atoms with E-state index < -0.39 is 12.1 Å². The molecule has 1 amide bonds. The lowest BCUT2D eigenvalue weighted by atomic mass is 9.97. The fourth-order valence-corrected chi connectivity index (χ4v) is 1.98. The van der Waals surface area contributed by atoms with Crippen molar-refractivity contribution in [2.75, 3.05) is 26.2 Å². The van der Waals surface area contributed by atoms with Crippen molar-refractivity contribution >= 4 is 5.91 Å². The van der Waals surface area contributed by atoms with Gasteiger partial charge in [-0.1, -0.05) is 0 Å². The summed E-state index contributed by atoms with van der Waals surface area (Å²) in [5, 5.41) is 10.8. The highest BCUT2D eigenvalue weighted by Gasteiger charge is 2.41. The zero-order valence-electron chi connectivity index (χ0n) is 9.96. The van der Waals surface area contributed by atoms with E-state index >= 15 is 0 Å². The molecular formula is C11H16F3N3O. The quantitative estimate of drug-likeness (QED) is 0.778. The average molecular weight is 263 g/mol. The van der Waals surface area contributed by atoms with E-state index in [-0.39, 0.29) is 38.4 Å². The van der Waals surface area contributed by atoms with E-state index in [1.165, 1.54) is 4.90 Å². The summed E-state index contributed by atoms with van der Waals surface area (Å²) in [6.45, 7) is 0.608. The number of nitrogens with zero attached hydrogens (tertiary/aromatic N) is 2. The van der Waals surface area contributed by atoms with E-state index in [9.17, 15) is 18.0 Å². The van der Waals surface area contributed by atoms with Gasteiger partial charge in [0.15, 0.2) is 0 Å². The van der Waals surface area contributed by atoms with Gasteiger partial charge in [-0.05, 0) is 19.4 Å². The lowest BCUT2D eigenvalue weighted by Gasteiger charge is -2.33. The van der Waals surface area contributed by atoms with Gasteiger partial charge in [-0.2, -0.15) is 18.4 Å². The van der Waals surface area contributed by atoms with E-state index in [1.54, 1.807) is 0 Å². The van der Waals surface area contributed by atoms with Gasteiger partial charge in [0, 0.05) is 13.1 Å². The highest BCUT2D eigenvalue weighted by Crippen LogP contribution is 2.32. The zero-order valence-corrected chi connectivity index (χ0v) is 9.96. The van der Waals surface area contributed by atoms with E-state index in [0.29, 0.717) is 13.0 Å². The Morgan fingerprint density at radius 1 is 1.50 bits per heavy atom. The molecule has 1 aliphatic rings. The second-order valence-corrected chi connectivity index (χ2v) is 4.37. The minimum atomic E-state index is -4.18. The van der Waals surface area contributed by atoms with Gasteiger partial charge < -0.3 is 5.32 Å². The van der Waals surface area contributed by atoms with Crippen LogP contribution in [0, 0.1) is 17.2 Å². The number of piperidine rings is 1. The van der Waals surface area contributed by atoms with Gasteiger partial charge in [-0.3, -0.25) is 9.69 Å². The average Bonchev–Trinajstić information content (AvgIpc) is 2.28. The Bertz CT molecular complexity index is 324. The number of amides is 1. The van der Waals surface area contributed by atoms with Crippen LogP contribution in [0.2, 0.25) is 0 Å². The van der Waals surface area contributed by atoms with Crippen LogP contribution < -0.4 is 5.32 Å². The number of nitrogens with one attached hydrogen (secondary N) is 1. The molecule has 0 unspecified atom stereocenters. The second kappa shape index (κ2) is 6.59. The lowest BCUT2D eigenvalue weighted by Crippen LogP contribution is -2.46. The molecular weight excluding hydrogens is 247 g/mol. The van der Waals surface area contributed by atoms with Crippen LogP contribution in [0.4, 0.5) is 13.2 Å². The lowest BCUT2D eigenvalue weighted by molar-refractivity contribution is -0.187. The molecule has 0 bridgehead atoms. The van der Waals surface area contributed by atoms with Gasteiger partial charge in [-0.25, -0.2) is 0 Å². The fraction of sp³-hybridized carbons (Fsp3) is 0.818. The minimum absolute atomic E-state index is 0.0298. The summed E-state index contributed by atoms with van der Waals surface area (Å²) in [6, 6.07) is 1.88. The zero-order chi connectivity index (χ0) is 13.6. The number of nitriles is 1. The second-order valence-electron chi connectivity index (χ2n) is 4.37. The van der Waals surface area contributed by atoms with Crippen molar-refractivity contribution in [2.24, 2.45) is 5.92 Å². The number of hydrogen-bond donors (Lipinski definition) is 1. The predicted octanol–water partition coefficient (Wildman–Crippen LogP) is 1.29. The smallest absolute Gasteiger partial charge is 0.354 e. The number of likely N-dealkylation sites (tertiary alicyclic amines) is 1. The minimum Gasteiger partial charge on any atom is -0.354 e. The van der Waals surface area contributed by atoms with Crippen LogP contribution in [0.5, 0.6) is 0 Å². The number of halogens is 3. The molecule has 0 aromatic heterocycles. The summed E-state index contributed by atoms with van der Waals surface area (Å²) in [6.07, 6.45) is -3.39. The Kier molecular flexibility index (Phi) is 5.41. The van der Waals surface area contributed by atoms with Gasteiger partial charge in [0.25, 0.3) is 0 Å². The molecule has 1 saturated heterocycles. The Hall–Kier alpha value is -1.29. The monoisotopic (exact) mass is 263 g/mol. The topological polar surface area (TPSA) is 56.1 Å². The molecule has 4 nitrogen and oxygen atoms in total. The van der Waals surface area contributed by atoms with Crippen molar-refractivity contribution in [1.29, 1.82) is 5.26 Å². The Balaban J connectivity index is 2.34. The van der Waals surface area contributed by atoms with Crippen molar-refractivity contribution in [3.63, 3.8) is 0 Å². The first-order valence-corrected chi connectivity index (χ1v) is 5.86. The highest BCUT2D eigenvalue weighted by atomic mass is 19.4. The molecule has 0 aromatic carbocycles. The van der Waals surface area contributed by atoms with Crippen molar-refractivity contribution in [3.05, 3.63) is 0 Å². The fourth-order valence-electron chi connectivity index (χ4n) is 1.98. The van der Waals surface area contributed by atoms with Crippen LogP contribution in [0.1, 0.15) is 19.3 Å². The van der Waals surface area contributed by atoms with E-state index in [1.807, 2.05) is 6.07 Å². The number of alkyl halides is 3. The van der Waals surface area contributed by atoms with E-state index in [0.717, 1.165) is 0 Å². The van der Waals surface area contributed by atoms with Crippen molar-refractivity contribution in [1.82, 2.24) is 10.2 Å². The molecule has 0 aromatic rings. The number of carbonyl (C=O) groups is 1. The Labute approximate surface area is 104 Å². The van der Waals surface area contributed by atoms with Crippen LogP contribution in [0.3, 0.4) is 0 Å². The summed E-state index contributed by atoms with van der Waals surface area (Å²) in [7, 11) is 0. The third-order valence-corrected chi connectivity index (χ3v) is 2.89. The first kappa shape index (κ1) is 14.8. The molecule has 0 aliphatic carbocycles. The molecule has 0 spiro atoms. The first-order chi connectivity index (χ1) is 8.43. The summed E-state index contributed by atoms with van der Waals surface area (Å²) < 4.78 is 37.6. The largest absolute Gasteiger partial charge is 0.393 e. The molecule has 1 aliphatic heterocycles. The van der Waals surface area contributed by atoms with Crippen LogP contribution in [0.25, 0.3) is 0 Å². The van der Waals surface area contributed by atoms with E-state index in [2.05, 4.69) is 5.32 Å². The van der Waals surface area contributed by atoms with Gasteiger partial charge in [0.1, 0.15) is 0 Å². The third kappa shape index (κ3) is 4.92. The van der Waals surface area contributed by atoms with Gasteiger partial charge >= 0.3 is 6.18 Å². The van der Waals surface area contributed by atoms with Crippen LogP contribution >= 0.6 is 0 Å². The summed E-state index contributed by atoms with van der Waals surface area (Å²) in [4.78, 5) is 12.9. The van der Waals surface area contributed by atoms with Crippen LogP contribution in [0.15, 0.2) is 0 Å². The third-order valence-electron chi connectivity index (χ3n) is 2.89. The Morgan fingerprint density at radius 3 is 2.83 bits per heavy atom. The molecule has 1 N–H and O–H groups in total. The van der Waals surface area contributed by atoms with Crippen LogP contribution in [-0.2, 0) is 4.79 Å². The number of carbonyl (C=O) groups excluding carboxylic acids is 1. The molecule has 0 radical (unpaired) electrons. The molecule has 1 atom stereocenters. The van der Waals surface area contributed by atoms with Gasteiger partial charge in [0.2, 0.25) is 5.91 Å². The molecule has 18 heavy (non-hydrogen) atoms. The van der Waals surface area contributed by atoms with Crippen molar-refractivity contribution < 1.29 is 18.0 Å². The molecule has 102 valence electrons. The molecule has 1 rings (SSSR count). The van der Waals surface area contributed by atoms with Gasteiger partial charge in [0.05, 0.1) is 25.0 Å². The normalized spacial score (nSPS) is 21.3.